The van der Waals surface area contributed by atoms with Crippen LogP contribution in [-0.2, 0) is 6.54 Å². The minimum Gasteiger partial charge on any atom is -0.419 e. The van der Waals surface area contributed by atoms with Crippen LogP contribution in [0.1, 0.15) is 16.2 Å². The number of benzene rings is 2. The molecule has 1 amide bonds. The smallest absolute Gasteiger partial charge is 0.253 e. The van der Waals surface area contributed by atoms with Crippen LogP contribution in [0.4, 0.5) is 4.39 Å². The van der Waals surface area contributed by atoms with Gasteiger partial charge in [0.2, 0.25) is 5.89 Å². The third-order valence-corrected chi connectivity index (χ3v) is 3.69. The van der Waals surface area contributed by atoms with Crippen molar-refractivity contribution in [3.05, 3.63) is 69.8 Å². The lowest BCUT2D eigenvalue weighted by Gasteiger charge is -2.05. The molecule has 0 bridgehead atoms. The molecule has 5 nitrogen and oxygen atoms in total. The first-order valence-corrected chi connectivity index (χ1v) is 7.60. The Labute approximate surface area is 146 Å². The Balaban J connectivity index is 1.69. The highest BCUT2D eigenvalue weighted by Crippen LogP contribution is 2.22. The van der Waals surface area contributed by atoms with Crippen LogP contribution in [-0.4, -0.2) is 16.1 Å². The van der Waals surface area contributed by atoms with Crippen molar-refractivity contribution < 1.29 is 13.6 Å². The van der Waals surface area contributed by atoms with E-state index >= 15 is 0 Å². The highest BCUT2D eigenvalue weighted by molar-refractivity contribution is 6.36. The van der Waals surface area contributed by atoms with E-state index in [0.717, 1.165) is 0 Å². The highest BCUT2D eigenvalue weighted by Gasteiger charge is 2.15. The normalized spacial score (nSPS) is 10.6. The lowest BCUT2D eigenvalue weighted by Crippen LogP contribution is -2.23. The Hall–Kier alpha value is -2.44. The standard InChI is InChI=1S/C16H10Cl2FN3O2/c17-9-5-6-10(12(18)7-9)15(23)20-8-14-21-22-16(24-14)11-3-1-2-4-13(11)19/h1-7H,8H2,(H,20,23). The molecule has 0 spiro atoms. The van der Waals surface area contributed by atoms with Crippen LogP contribution < -0.4 is 5.32 Å². The van der Waals surface area contributed by atoms with Gasteiger partial charge in [0.05, 0.1) is 22.7 Å². The van der Waals surface area contributed by atoms with E-state index in [1.165, 1.54) is 24.3 Å². The molecule has 0 unspecified atom stereocenters. The van der Waals surface area contributed by atoms with Gasteiger partial charge in [0, 0.05) is 5.02 Å². The molecule has 1 N–H and O–H groups in total. The van der Waals surface area contributed by atoms with Crippen molar-refractivity contribution in [1.29, 1.82) is 0 Å². The van der Waals surface area contributed by atoms with Gasteiger partial charge in [0.15, 0.2) is 0 Å². The predicted octanol–water partition coefficient (Wildman–Crippen LogP) is 4.11. The van der Waals surface area contributed by atoms with E-state index in [1.54, 1.807) is 18.2 Å². The average Bonchev–Trinajstić information content (AvgIpc) is 3.02. The van der Waals surface area contributed by atoms with E-state index in [4.69, 9.17) is 27.6 Å². The Morgan fingerprint density at radius 2 is 1.96 bits per heavy atom. The molecular weight excluding hydrogens is 356 g/mol. The highest BCUT2D eigenvalue weighted by atomic mass is 35.5. The summed E-state index contributed by atoms with van der Waals surface area (Å²) in [4.78, 5) is 12.1. The third-order valence-electron chi connectivity index (χ3n) is 3.15. The molecule has 8 heteroatoms. The molecule has 0 saturated carbocycles. The van der Waals surface area contributed by atoms with Crippen molar-refractivity contribution in [1.82, 2.24) is 15.5 Å². The van der Waals surface area contributed by atoms with Crippen LogP contribution in [0.3, 0.4) is 0 Å². The van der Waals surface area contributed by atoms with Crippen LogP contribution in [0.2, 0.25) is 10.0 Å². The van der Waals surface area contributed by atoms with Gasteiger partial charge >= 0.3 is 0 Å². The maximum absolute atomic E-state index is 13.7. The van der Waals surface area contributed by atoms with E-state index in [2.05, 4.69) is 15.5 Å². The zero-order chi connectivity index (χ0) is 17.1. The average molecular weight is 366 g/mol. The molecule has 0 aliphatic heterocycles. The van der Waals surface area contributed by atoms with Crippen LogP contribution in [0, 0.1) is 5.82 Å². The Morgan fingerprint density at radius 1 is 1.17 bits per heavy atom. The Morgan fingerprint density at radius 3 is 2.71 bits per heavy atom. The Bertz CT molecular complexity index is 899. The van der Waals surface area contributed by atoms with Gasteiger partial charge < -0.3 is 9.73 Å². The van der Waals surface area contributed by atoms with Gasteiger partial charge in [0.1, 0.15) is 5.82 Å². The van der Waals surface area contributed by atoms with Crippen molar-refractivity contribution in [3.8, 4) is 11.5 Å². The number of carbonyl (C=O) groups is 1. The largest absolute Gasteiger partial charge is 0.419 e. The number of halogens is 3. The molecule has 0 saturated heterocycles. The summed E-state index contributed by atoms with van der Waals surface area (Å²) in [6.07, 6.45) is 0. The zero-order valence-electron chi connectivity index (χ0n) is 12.1. The summed E-state index contributed by atoms with van der Waals surface area (Å²) in [5, 5.41) is 10.8. The minimum atomic E-state index is -0.468. The summed E-state index contributed by atoms with van der Waals surface area (Å²) in [5.74, 6) is -0.694. The zero-order valence-corrected chi connectivity index (χ0v) is 13.6. The number of rotatable bonds is 4. The van der Waals surface area contributed by atoms with Gasteiger partial charge in [-0.3, -0.25) is 4.79 Å². The number of aromatic nitrogens is 2. The molecule has 24 heavy (non-hydrogen) atoms. The predicted molar refractivity (Wildman–Crippen MR) is 87.3 cm³/mol. The molecule has 0 fully saturated rings. The van der Waals surface area contributed by atoms with Crippen molar-refractivity contribution in [2.75, 3.05) is 0 Å². The second-order valence-electron chi connectivity index (χ2n) is 4.79. The number of hydrogen-bond donors (Lipinski definition) is 1. The van der Waals surface area contributed by atoms with E-state index < -0.39 is 11.7 Å². The molecule has 0 aliphatic carbocycles. The summed E-state index contributed by atoms with van der Waals surface area (Å²) >= 11 is 11.8. The van der Waals surface area contributed by atoms with Gasteiger partial charge in [-0.1, -0.05) is 35.3 Å². The van der Waals surface area contributed by atoms with E-state index in [9.17, 15) is 9.18 Å². The van der Waals surface area contributed by atoms with Crippen LogP contribution in [0.15, 0.2) is 46.9 Å². The molecule has 0 atom stereocenters. The number of carbonyl (C=O) groups excluding carboxylic acids is 1. The minimum absolute atomic E-state index is 0.0146. The SMILES string of the molecule is O=C(NCc1nnc(-c2ccccc2F)o1)c1ccc(Cl)cc1Cl. The van der Waals surface area contributed by atoms with Gasteiger partial charge in [-0.2, -0.15) is 0 Å². The molecule has 3 aromatic rings. The van der Waals surface area contributed by atoms with Crippen molar-refractivity contribution >= 4 is 29.1 Å². The lowest BCUT2D eigenvalue weighted by molar-refractivity contribution is 0.0947. The van der Waals surface area contributed by atoms with E-state index in [1.807, 2.05) is 0 Å². The van der Waals surface area contributed by atoms with Gasteiger partial charge in [-0.05, 0) is 30.3 Å². The number of hydrogen-bond acceptors (Lipinski definition) is 4. The monoisotopic (exact) mass is 365 g/mol. The van der Waals surface area contributed by atoms with Gasteiger partial charge in [0.25, 0.3) is 11.8 Å². The molecule has 1 aromatic heterocycles. The maximum atomic E-state index is 13.7. The first-order chi connectivity index (χ1) is 11.5. The van der Waals surface area contributed by atoms with Crippen LogP contribution in [0.25, 0.3) is 11.5 Å². The molecule has 122 valence electrons. The van der Waals surface area contributed by atoms with E-state index in [0.29, 0.717) is 5.02 Å². The summed E-state index contributed by atoms with van der Waals surface area (Å²) in [6, 6.07) is 10.6. The van der Waals surface area contributed by atoms with Crippen LogP contribution >= 0.6 is 23.2 Å². The fourth-order valence-electron chi connectivity index (χ4n) is 1.99. The van der Waals surface area contributed by atoms with Crippen molar-refractivity contribution in [2.45, 2.75) is 6.54 Å². The van der Waals surface area contributed by atoms with Crippen molar-refractivity contribution in [2.24, 2.45) is 0 Å². The number of nitrogens with one attached hydrogen (secondary N) is 1. The summed E-state index contributed by atoms with van der Waals surface area (Å²) in [6.45, 7) is -0.0146. The molecule has 0 aliphatic rings. The number of amides is 1. The summed E-state index contributed by atoms with van der Waals surface area (Å²) in [5.41, 5.74) is 0.471. The molecule has 1 heterocycles. The van der Waals surface area contributed by atoms with Gasteiger partial charge in [-0.15, -0.1) is 10.2 Å². The molecule has 0 radical (unpaired) electrons. The third kappa shape index (κ3) is 3.55. The number of nitrogens with zero attached hydrogens (tertiary/aromatic N) is 2. The first-order valence-electron chi connectivity index (χ1n) is 6.85. The summed E-state index contributed by atoms with van der Waals surface area (Å²) in [7, 11) is 0. The Kier molecular flexibility index (Phi) is 4.78. The quantitative estimate of drug-likeness (QED) is 0.755. The maximum Gasteiger partial charge on any atom is 0.253 e. The molecule has 2 aromatic carbocycles. The van der Waals surface area contributed by atoms with Gasteiger partial charge in [-0.25, -0.2) is 4.39 Å². The second kappa shape index (κ2) is 6.98. The van der Waals surface area contributed by atoms with E-state index in [-0.39, 0.29) is 34.5 Å². The molecular formula is C16H10Cl2FN3O2. The first kappa shape index (κ1) is 16.4. The van der Waals surface area contributed by atoms with Crippen molar-refractivity contribution in [3.63, 3.8) is 0 Å². The fraction of sp³-hybridized carbons (Fsp3) is 0.0625. The lowest BCUT2D eigenvalue weighted by atomic mass is 10.2. The summed E-state index contributed by atoms with van der Waals surface area (Å²) < 4.78 is 19.0. The fourth-order valence-corrected chi connectivity index (χ4v) is 2.49. The second-order valence-corrected chi connectivity index (χ2v) is 5.63. The topological polar surface area (TPSA) is 68.0 Å². The van der Waals surface area contributed by atoms with Crippen LogP contribution in [0.5, 0.6) is 0 Å². The molecule has 3 rings (SSSR count).